The van der Waals surface area contributed by atoms with Crippen LogP contribution in [0.2, 0.25) is 0 Å². The molecule has 1 saturated heterocycles. The van der Waals surface area contributed by atoms with Gasteiger partial charge in [0, 0.05) is 31.8 Å². The number of rotatable bonds is 4. The van der Waals surface area contributed by atoms with Gasteiger partial charge < -0.3 is 15.2 Å². The second kappa shape index (κ2) is 4.94. The number of hydrogen-bond acceptors (Lipinski definition) is 3. The van der Waals surface area contributed by atoms with E-state index >= 15 is 0 Å². The predicted molar refractivity (Wildman–Crippen MR) is 64.4 cm³/mol. The van der Waals surface area contributed by atoms with Crippen molar-refractivity contribution in [2.45, 2.75) is 39.2 Å². The third-order valence-electron chi connectivity index (χ3n) is 4.51. The van der Waals surface area contributed by atoms with Gasteiger partial charge in [0.15, 0.2) is 0 Å². The minimum Gasteiger partial charge on any atom is -0.396 e. The second-order valence-electron chi connectivity index (χ2n) is 5.69. The van der Waals surface area contributed by atoms with E-state index in [2.05, 4.69) is 5.32 Å². The molecule has 98 valence electrons. The quantitative estimate of drug-likeness (QED) is 0.770. The lowest BCUT2D eigenvalue weighted by atomic mass is 9.93. The molecule has 1 heterocycles. The van der Waals surface area contributed by atoms with Crippen LogP contribution in [0.25, 0.3) is 0 Å². The lowest BCUT2D eigenvalue weighted by Crippen LogP contribution is -2.40. The minimum absolute atomic E-state index is 0.0463. The first-order valence-electron chi connectivity index (χ1n) is 6.58. The molecule has 2 rings (SSSR count). The first-order valence-corrected chi connectivity index (χ1v) is 6.58. The van der Waals surface area contributed by atoms with Gasteiger partial charge in [0.05, 0.1) is 0 Å². The van der Waals surface area contributed by atoms with Gasteiger partial charge in [-0.05, 0) is 37.5 Å². The van der Waals surface area contributed by atoms with Gasteiger partial charge in [0.25, 0.3) is 0 Å². The number of hydrogen-bond donors (Lipinski definition) is 2. The summed E-state index contributed by atoms with van der Waals surface area (Å²) in [5, 5.41) is 12.1. The number of carbonyl (C=O) groups excluding carboxylic acids is 1. The molecule has 3 unspecified atom stereocenters. The lowest BCUT2D eigenvalue weighted by molar-refractivity contribution is -0.124. The van der Waals surface area contributed by atoms with Crippen LogP contribution in [0, 0.1) is 17.3 Å². The summed E-state index contributed by atoms with van der Waals surface area (Å²) in [5.74, 6) is 0.461. The van der Waals surface area contributed by atoms with Crippen molar-refractivity contribution < 1.29 is 14.6 Å². The van der Waals surface area contributed by atoms with E-state index in [-0.39, 0.29) is 35.8 Å². The predicted octanol–water partition coefficient (Wildman–Crippen LogP) is 0.936. The lowest BCUT2D eigenvalue weighted by Gasteiger charge is -2.24. The highest BCUT2D eigenvalue weighted by Gasteiger charge is 2.58. The first-order chi connectivity index (χ1) is 8.09. The Morgan fingerprint density at radius 2 is 2.12 bits per heavy atom. The first kappa shape index (κ1) is 12.8. The summed E-state index contributed by atoms with van der Waals surface area (Å²) in [7, 11) is 0. The molecule has 0 aromatic heterocycles. The van der Waals surface area contributed by atoms with Crippen molar-refractivity contribution in [2.75, 3.05) is 19.8 Å². The average Bonchev–Trinajstić information content (AvgIpc) is 3.02. The summed E-state index contributed by atoms with van der Waals surface area (Å²) in [6.07, 6.45) is 3.06. The number of aliphatic hydroxyl groups excluding tert-OH is 1. The maximum absolute atomic E-state index is 12.1. The number of nitrogens with one attached hydrogen (secondary N) is 1. The Morgan fingerprint density at radius 1 is 1.47 bits per heavy atom. The van der Waals surface area contributed by atoms with Gasteiger partial charge >= 0.3 is 0 Å². The van der Waals surface area contributed by atoms with Crippen LogP contribution >= 0.6 is 0 Å². The number of aliphatic hydroxyl groups is 1. The highest BCUT2D eigenvalue weighted by Crippen LogP contribution is 2.59. The molecule has 0 bridgehead atoms. The number of ether oxygens (including phenoxy) is 1. The average molecular weight is 241 g/mol. The van der Waals surface area contributed by atoms with Gasteiger partial charge in [-0.2, -0.15) is 0 Å². The molecular formula is C13H23NO3. The Hall–Kier alpha value is -0.610. The molecule has 1 spiro atoms. The summed E-state index contributed by atoms with van der Waals surface area (Å²) in [5.41, 5.74) is 0.241. The van der Waals surface area contributed by atoms with Gasteiger partial charge in [-0.15, -0.1) is 0 Å². The van der Waals surface area contributed by atoms with Gasteiger partial charge in [-0.25, -0.2) is 0 Å². The van der Waals surface area contributed by atoms with Crippen LogP contribution in [0.4, 0.5) is 0 Å². The van der Waals surface area contributed by atoms with Crippen LogP contribution in [-0.4, -0.2) is 36.9 Å². The Kier molecular flexibility index (Phi) is 3.73. The summed E-state index contributed by atoms with van der Waals surface area (Å²) in [4.78, 5) is 12.1. The molecule has 1 saturated carbocycles. The Labute approximate surface area is 103 Å². The molecule has 2 aliphatic rings. The van der Waals surface area contributed by atoms with E-state index in [0.29, 0.717) is 0 Å². The SMILES string of the molecule is CC(CO)C(C)NC(=O)C1CC12CCOCC2. The largest absolute Gasteiger partial charge is 0.396 e. The van der Waals surface area contributed by atoms with Crippen molar-refractivity contribution in [1.82, 2.24) is 5.32 Å². The maximum atomic E-state index is 12.1. The molecule has 0 aromatic carbocycles. The van der Waals surface area contributed by atoms with Gasteiger partial charge in [-0.3, -0.25) is 4.79 Å². The summed E-state index contributed by atoms with van der Waals surface area (Å²) in [6.45, 7) is 5.61. The normalized spacial score (nSPS) is 29.7. The monoisotopic (exact) mass is 241 g/mol. The molecule has 4 heteroatoms. The van der Waals surface area contributed by atoms with E-state index < -0.39 is 0 Å². The zero-order chi connectivity index (χ0) is 12.5. The fourth-order valence-electron chi connectivity index (χ4n) is 2.67. The summed E-state index contributed by atoms with van der Waals surface area (Å²) < 4.78 is 5.35. The topological polar surface area (TPSA) is 58.6 Å². The molecular weight excluding hydrogens is 218 g/mol. The molecule has 2 N–H and O–H groups in total. The molecule has 17 heavy (non-hydrogen) atoms. The van der Waals surface area contributed by atoms with Crippen LogP contribution in [0.1, 0.15) is 33.1 Å². The fourth-order valence-corrected chi connectivity index (χ4v) is 2.67. The van der Waals surface area contributed by atoms with Crippen LogP contribution in [-0.2, 0) is 9.53 Å². The minimum atomic E-state index is 0.0463. The zero-order valence-electron chi connectivity index (χ0n) is 10.7. The molecule has 4 nitrogen and oxygen atoms in total. The van der Waals surface area contributed by atoms with Crippen LogP contribution in [0.5, 0.6) is 0 Å². The molecule has 1 aliphatic carbocycles. The van der Waals surface area contributed by atoms with E-state index in [1.807, 2.05) is 13.8 Å². The molecule has 2 fully saturated rings. The fraction of sp³-hybridized carbons (Fsp3) is 0.923. The number of amides is 1. The number of carbonyl (C=O) groups is 1. The molecule has 1 aliphatic heterocycles. The third kappa shape index (κ3) is 2.63. The third-order valence-corrected chi connectivity index (χ3v) is 4.51. The van der Waals surface area contributed by atoms with Crippen molar-refractivity contribution in [2.24, 2.45) is 17.3 Å². The van der Waals surface area contributed by atoms with Crippen molar-refractivity contribution >= 4 is 5.91 Å². The van der Waals surface area contributed by atoms with E-state index in [0.717, 1.165) is 32.5 Å². The van der Waals surface area contributed by atoms with E-state index in [4.69, 9.17) is 9.84 Å². The van der Waals surface area contributed by atoms with Crippen LogP contribution in [0.15, 0.2) is 0 Å². The zero-order valence-corrected chi connectivity index (χ0v) is 10.7. The second-order valence-corrected chi connectivity index (χ2v) is 5.69. The van der Waals surface area contributed by atoms with E-state index in [9.17, 15) is 4.79 Å². The molecule has 0 radical (unpaired) electrons. The molecule has 0 aromatic rings. The van der Waals surface area contributed by atoms with Gasteiger partial charge in [0.2, 0.25) is 5.91 Å². The Balaban J connectivity index is 1.82. The Bertz CT molecular complexity index is 286. The maximum Gasteiger partial charge on any atom is 0.223 e. The van der Waals surface area contributed by atoms with Gasteiger partial charge in [-0.1, -0.05) is 6.92 Å². The van der Waals surface area contributed by atoms with Crippen molar-refractivity contribution in [1.29, 1.82) is 0 Å². The van der Waals surface area contributed by atoms with E-state index in [1.165, 1.54) is 0 Å². The smallest absolute Gasteiger partial charge is 0.223 e. The highest BCUT2D eigenvalue weighted by molar-refractivity contribution is 5.82. The molecule has 1 amide bonds. The van der Waals surface area contributed by atoms with Crippen molar-refractivity contribution in [3.63, 3.8) is 0 Å². The Morgan fingerprint density at radius 3 is 2.71 bits per heavy atom. The van der Waals surface area contributed by atoms with Gasteiger partial charge in [0.1, 0.15) is 0 Å². The summed E-state index contributed by atoms with van der Waals surface area (Å²) >= 11 is 0. The highest BCUT2D eigenvalue weighted by atomic mass is 16.5. The van der Waals surface area contributed by atoms with Crippen LogP contribution in [0.3, 0.4) is 0 Å². The van der Waals surface area contributed by atoms with Crippen molar-refractivity contribution in [3.05, 3.63) is 0 Å². The standard InChI is InChI=1S/C13H23NO3/c1-9(8-15)10(2)14-12(16)11-7-13(11)3-5-17-6-4-13/h9-11,15H,3-8H2,1-2H3,(H,14,16). The summed E-state index contributed by atoms with van der Waals surface area (Å²) in [6, 6.07) is 0.0463. The van der Waals surface area contributed by atoms with Crippen molar-refractivity contribution in [3.8, 4) is 0 Å². The van der Waals surface area contributed by atoms with E-state index in [1.54, 1.807) is 0 Å². The molecule has 3 atom stereocenters. The van der Waals surface area contributed by atoms with Crippen LogP contribution < -0.4 is 5.32 Å².